The zero-order valence-corrected chi connectivity index (χ0v) is 12.9. The summed E-state index contributed by atoms with van der Waals surface area (Å²) in [7, 11) is 0. The van der Waals surface area contributed by atoms with Crippen molar-refractivity contribution < 1.29 is 0 Å². The van der Waals surface area contributed by atoms with Crippen LogP contribution in [-0.2, 0) is 6.54 Å². The average Bonchev–Trinajstić information content (AvgIpc) is 2.68. The smallest absolute Gasteiger partial charge is 0.144 e. The first-order chi connectivity index (χ1) is 9.81. The average molecular weight is 276 g/mol. The van der Waals surface area contributed by atoms with Crippen LogP contribution in [0.5, 0.6) is 0 Å². The Morgan fingerprint density at radius 2 is 2.10 bits per heavy atom. The van der Waals surface area contributed by atoms with Gasteiger partial charge in [0.05, 0.1) is 18.1 Å². The molecular weight excluding hydrogens is 248 g/mol. The second kappa shape index (κ2) is 8.20. The second-order valence-corrected chi connectivity index (χ2v) is 5.79. The molecule has 1 aliphatic rings. The van der Waals surface area contributed by atoms with E-state index in [-0.39, 0.29) is 0 Å². The Hall–Kier alpha value is -1.16. The fourth-order valence-corrected chi connectivity index (χ4v) is 3.02. The summed E-state index contributed by atoms with van der Waals surface area (Å²) in [6, 6.07) is 0. The highest BCUT2D eigenvalue weighted by Crippen LogP contribution is 2.22. The largest absolute Gasteiger partial charge is 0.369 e. The van der Waals surface area contributed by atoms with Crippen molar-refractivity contribution in [2.24, 2.45) is 5.92 Å². The summed E-state index contributed by atoms with van der Waals surface area (Å²) in [4.78, 5) is 11.4. The van der Waals surface area contributed by atoms with Gasteiger partial charge in [0.15, 0.2) is 0 Å². The van der Waals surface area contributed by atoms with Crippen molar-refractivity contribution in [1.29, 1.82) is 0 Å². The van der Waals surface area contributed by atoms with Crippen LogP contribution in [0.4, 0.5) is 5.82 Å². The minimum absolute atomic E-state index is 0.870. The van der Waals surface area contributed by atoms with E-state index in [1.165, 1.54) is 45.2 Å². The van der Waals surface area contributed by atoms with Gasteiger partial charge < -0.3 is 5.32 Å². The quantitative estimate of drug-likeness (QED) is 0.865. The maximum atomic E-state index is 4.51. The summed E-state index contributed by atoms with van der Waals surface area (Å²) in [5.74, 6) is 1.81. The van der Waals surface area contributed by atoms with E-state index in [2.05, 4.69) is 34.0 Å². The van der Waals surface area contributed by atoms with E-state index >= 15 is 0 Å². The first-order valence-corrected chi connectivity index (χ1v) is 8.09. The van der Waals surface area contributed by atoms with Crippen LogP contribution in [0.3, 0.4) is 0 Å². The molecule has 1 aromatic heterocycles. The van der Waals surface area contributed by atoms with Crippen molar-refractivity contribution in [3.05, 3.63) is 18.1 Å². The van der Waals surface area contributed by atoms with Crippen molar-refractivity contribution >= 4 is 5.82 Å². The maximum Gasteiger partial charge on any atom is 0.144 e. The van der Waals surface area contributed by atoms with Crippen molar-refractivity contribution in [1.82, 2.24) is 14.9 Å². The standard InChI is InChI=1S/C16H28N4/c1-3-6-14-7-5-9-20(10-8-14)13-15-11-19-16(12-18-15)17-4-2/h11-12,14H,3-10,13H2,1-2H3,(H,17,19). The fourth-order valence-electron chi connectivity index (χ4n) is 3.02. The molecule has 112 valence electrons. The zero-order chi connectivity index (χ0) is 14.2. The number of hydrogen-bond donors (Lipinski definition) is 1. The van der Waals surface area contributed by atoms with Crippen LogP contribution in [0, 0.1) is 5.92 Å². The highest BCUT2D eigenvalue weighted by Gasteiger charge is 2.16. The molecule has 1 unspecified atom stereocenters. The number of aromatic nitrogens is 2. The Morgan fingerprint density at radius 3 is 2.80 bits per heavy atom. The monoisotopic (exact) mass is 276 g/mol. The SMILES string of the molecule is CCCC1CCCN(Cc2cnc(NCC)cn2)CC1. The van der Waals surface area contributed by atoms with E-state index in [0.29, 0.717) is 0 Å². The van der Waals surface area contributed by atoms with E-state index in [1.807, 2.05) is 12.4 Å². The Kier molecular flexibility index (Phi) is 6.25. The molecule has 1 atom stereocenters. The molecule has 1 aromatic rings. The van der Waals surface area contributed by atoms with Gasteiger partial charge in [-0.05, 0) is 45.2 Å². The van der Waals surface area contributed by atoms with Crippen molar-refractivity contribution in [3.63, 3.8) is 0 Å². The molecule has 1 fully saturated rings. The van der Waals surface area contributed by atoms with Crippen molar-refractivity contribution in [3.8, 4) is 0 Å². The molecule has 0 bridgehead atoms. The molecule has 20 heavy (non-hydrogen) atoms. The third-order valence-corrected chi connectivity index (χ3v) is 4.09. The van der Waals surface area contributed by atoms with Gasteiger partial charge >= 0.3 is 0 Å². The van der Waals surface area contributed by atoms with Gasteiger partial charge in [0, 0.05) is 13.1 Å². The summed E-state index contributed by atoms with van der Waals surface area (Å²) in [5, 5.41) is 3.18. The molecule has 1 saturated heterocycles. The normalized spacial score (nSPS) is 20.6. The number of nitrogens with zero attached hydrogens (tertiary/aromatic N) is 3. The molecule has 0 amide bonds. The topological polar surface area (TPSA) is 41.1 Å². The van der Waals surface area contributed by atoms with Gasteiger partial charge in [-0.2, -0.15) is 0 Å². The Morgan fingerprint density at radius 1 is 1.20 bits per heavy atom. The first kappa shape index (κ1) is 15.2. The van der Waals surface area contributed by atoms with Gasteiger partial charge in [0.25, 0.3) is 0 Å². The lowest BCUT2D eigenvalue weighted by atomic mass is 9.96. The Labute approximate surface area is 123 Å². The van der Waals surface area contributed by atoms with Crippen LogP contribution < -0.4 is 5.32 Å². The molecule has 0 saturated carbocycles. The number of nitrogens with one attached hydrogen (secondary N) is 1. The molecule has 0 aromatic carbocycles. The minimum atomic E-state index is 0.870. The molecular formula is C16H28N4. The van der Waals surface area contributed by atoms with Crippen LogP contribution >= 0.6 is 0 Å². The fraction of sp³-hybridized carbons (Fsp3) is 0.750. The lowest BCUT2D eigenvalue weighted by Crippen LogP contribution is -2.25. The van der Waals surface area contributed by atoms with Gasteiger partial charge in [0.1, 0.15) is 5.82 Å². The summed E-state index contributed by atoms with van der Waals surface area (Å²) in [5.41, 5.74) is 1.08. The highest BCUT2D eigenvalue weighted by molar-refractivity contribution is 5.30. The number of anilines is 1. The van der Waals surface area contributed by atoms with Gasteiger partial charge in [0.2, 0.25) is 0 Å². The third-order valence-electron chi connectivity index (χ3n) is 4.09. The Balaban J connectivity index is 1.83. The predicted octanol–water partition coefficient (Wildman–Crippen LogP) is 3.31. The van der Waals surface area contributed by atoms with E-state index in [1.54, 1.807) is 0 Å². The lowest BCUT2D eigenvalue weighted by molar-refractivity contribution is 0.268. The molecule has 1 N–H and O–H groups in total. The number of likely N-dealkylation sites (tertiary alicyclic amines) is 1. The molecule has 0 radical (unpaired) electrons. The maximum absolute atomic E-state index is 4.51. The molecule has 2 heterocycles. The van der Waals surface area contributed by atoms with Gasteiger partial charge in [-0.15, -0.1) is 0 Å². The van der Waals surface area contributed by atoms with Crippen LogP contribution in [0.15, 0.2) is 12.4 Å². The molecule has 1 aliphatic heterocycles. The van der Waals surface area contributed by atoms with Crippen LogP contribution in [-0.4, -0.2) is 34.5 Å². The van der Waals surface area contributed by atoms with Gasteiger partial charge in [-0.3, -0.25) is 9.88 Å². The molecule has 4 heteroatoms. The first-order valence-electron chi connectivity index (χ1n) is 8.09. The number of rotatable bonds is 6. The lowest BCUT2D eigenvalue weighted by Gasteiger charge is -2.19. The van der Waals surface area contributed by atoms with Gasteiger partial charge in [-0.25, -0.2) is 4.98 Å². The second-order valence-electron chi connectivity index (χ2n) is 5.79. The highest BCUT2D eigenvalue weighted by atomic mass is 15.1. The summed E-state index contributed by atoms with van der Waals surface area (Å²) in [6.45, 7) is 8.61. The third kappa shape index (κ3) is 4.75. The Bertz CT molecular complexity index is 377. The summed E-state index contributed by atoms with van der Waals surface area (Å²) < 4.78 is 0. The van der Waals surface area contributed by atoms with E-state index in [9.17, 15) is 0 Å². The van der Waals surface area contributed by atoms with Crippen molar-refractivity contribution in [2.75, 3.05) is 25.0 Å². The van der Waals surface area contributed by atoms with Crippen LogP contribution in [0.1, 0.15) is 51.6 Å². The van der Waals surface area contributed by atoms with E-state index < -0.39 is 0 Å². The molecule has 0 spiro atoms. The van der Waals surface area contributed by atoms with Crippen molar-refractivity contribution in [2.45, 2.75) is 52.5 Å². The molecule has 2 rings (SSSR count). The van der Waals surface area contributed by atoms with E-state index in [4.69, 9.17) is 0 Å². The minimum Gasteiger partial charge on any atom is -0.369 e. The van der Waals surface area contributed by atoms with Gasteiger partial charge in [-0.1, -0.05) is 19.8 Å². The zero-order valence-electron chi connectivity index (χ0n) is 12.9. The summed E-state index contributed by atoms with van der Waals surface area (Å²) in [6.07, 6.45) is 10.5. The molecule has 0 aliphatic carbocycles. The van der Waals surface area contributed by atoms with Crippen LogP contribution in [0.2, 0.25) is 0 Å². The predicted molar refractivity (Wildman–Crippen MR) is 83.7 cm³/mol. The summed E-state index contributed by atoms with van der Waals surface area (Å²) >= 11 is 0. The van der Waals surface area contributed by atoms with Crippen LogP contribution in [0.25, 0.3) is 0 Å². The molecule has 4 nitrogen and oxygen atoms in total. The van der Waals surface area contributed by atoms with E-state index in [0.717, 1.165) is 30.5 Å². The number of hydrogen-bond acceptors (Lipinski definition) is 4.